The van der Waals surface area contributed by atoms with Gasteiger partial charge in [-0.05, 0) is 24.8 Å². The van der Waals surface area contributed by atoms with Crippen molar-refractivity contribution in [3.63, 3.8) is 0 Å². The van der Waals surface area contributed by atoms with Crippen molar-refractivity contribution in [3.05, 3.63) is 35.9 Å². The molecule has 0 radical (unpaired) electrons. The summed E-state index contributed by atoms with van der Waals surface area (Å²) < 4.78 is 27.7. The highest BCUT2D eigenvalue weighted by Crippen LogP contribution is 2.20. The van der Waals surface area contributed by atoms with E-state index in [2.05, 4.69) is 4.72 Å². The van der Waals surface area contributed by atoms with Gasteiger partial charge in [0.2, 0.25) is 0 Å². The molecule has 1 rings (SSSR count). The normalized spacial score (nSPS) is 15.2. The molecule has 0 aliphatic rings. The van der Waals surface area contributed by atoms with Crippen LogP contribution in [0.1, 0.15) is 31.7 Å². The number of benzene rings is 1. The van der Waals surface area contributed by atoms with Gasteiger partial charge in [0, 0.05) is 20.1 Å². The van der Waals surface area contributed by atoms with Gasteiger partial charge in [-0.1, -0.05) is 37.3 Å². The van der Waals surface area contributed by atoms with E-state index < -0.39 is 16.3 Å². The third-order valence-electron chi connectivity index (χ3n) is 3.26. The van der Waals surface area contributed by atoms with Crippen LogP contribution >= 0.6 is 0 Å². The van der Waals surface area contributed by atoms with Crippen molar-refractivity contribution in [2.45, 2.75) is 32.3 Å². The molecule has 5 nitrogen and oxygen atoms in total. The first-order chi connectivity index (χ1) is 9.36. The molecule has 0 aromatic heterocycles. The fraction of sp³-hybridized carbons (Fsp3) is 0.571. The van der Waals surface area contributed by atoms with Crippen molar-refractivity contribution in [2.24, 2.45) is 0 Å². The second-order valence-corrected chi connectivity index (χ2v) is 6.82. The molecule has 0 amide bonds. The van der Waals surface area contributed by atoms with Gasteiger partial charge in [0.05, 0.1) is 6.10 Å². The third kappa shape index (κ3) is 5.20. The van der Waals surface area contributed by atoms with Crippen LogP contribution in [-0.4, -0.2) is 44.1 Å². The molecule has 1 aromatic rings. The van der Waals surface area contributed by atoms with E-state index in [4.69, 9.17) is 0 Å². The molecule has 2 unspecified atom stereocenters. The van der Waals surface area contributed by atoms with E-state index in [9.17, 15) is 13.5 Å². The average molecular weight is 300 g/mol. The van der Waals surface area contributed by atoms with E-state index in [0.717, 1.165) is 5.56 Å². The highest BCUT2D eigenvalue weighted by Gasteiger charge is 2.20. The lowest BCUT2D eigenvalue weighted by molar-refractivity contribution is 0.174. The van der Waals surface area contributed by atoms with Crippen molar-refractivity contribution in [2.75, 3.05) is 20.1 Å². The molecular weight excluding hydrogens is 276 g/mol. The predicted molar refractivity (Wildman–Crippen MR) is 80.7 cm³/mol. The van der Waals surface area contributed by atoms with Gasteiger partial charge in [-0.25, -0.2) is 4.72 Å². The second kappa shape index (κ2) is 7.73. The summed E-state index contributed by atoms with van der Waals surface area (Å²) in [6.45, 7) is 4.19. The summed E-state index contributed by atoms with van der Waals surface area (Å²) in [5, 5.41) is 9.58. The Hall–Kier alpha value is -0.950. The van der Waals surface area contributed by atoms with Gasteiger partial charge in [0.1, 0.15) is 0 Å². The molecule has 2 N–H and O–H groups in total. The summed E-state index contributed by atoms with van der Waals surface area (Å²) in [5.41, 5.74) is 1.02. The first kappa shape index (κ1) is 17.1. The van der Waals surface area contributed by atoms with Crippen LogP contribution in [-0.2, 0) is 10.2 Å². The van der Waals surface area contributed by atoms with Gasteiger partial charge in [-0.3, -0.25) is 0 Å². The monoisotopic (exact) mass is 300 g/mol. The van der Waals surface area contributed by atoms with E-state index in [-0.39, 0.29) is 12.5 Å². The maximum atomic E-state index is 11.9. The second-order valence-electron chi connectivity index (χ2n) is 4.96. The molecule has 1 aromatic carbocycles. The van der Waals surface area contributed by atoms with Gasteiger partial charge < -0.3 is 5.11 Å². The van der Waals surface area contributed by atoms with E-state index in [1.54, 1.807) is 13.8 Å². The van der Waals surface area contributed by atoms with E-state index in [0.29, 0.717) is 13.0 Å². The highest BCUT2D eigenvalue weighted by molar-refractivity contribution is 7.87. The van der Waals surface area contributed by atoms with Crippen LogP contribution < -0.4 is 4.72 Å². The minimum Gasteiger partial charge on any atom is -0.393 e. The van der Waals surface area contributed by atoms with Crippen LogP contribution in [0.3, 0.4) is 0 Å². The van der Waals surface area contributed by atoms with Gasteiger partial charge in [-0.2, -0.15) is 12.7 Å². The molecule has 0 saturated carbocycles. The molecule has 0 aliphatic heterocycles. The quantitative estimate of drug-likeness (QED) is 0.761. The lowest BCUT2D eigenvalue weighted by Crippen LogP contribution is -2.40. The van der Waals surface area contributed by atoms with E-state index in [1.807, 2.05) is 30.3 Å². The summed E-state index contributed by atoms with van der Waals surface area (Å²) in [7, 11) is -1.91. The topological polar surface area (TPSA) is 69.6 Å². The van der Waals surface area contributed by atoms with E-state index >= 15 is 0 Å². The molecule has 0 heterocycles. The zero-order valence-corrected chi connectivity index (χ0v) is 13.1. The van der Waals surface area contributed by atoms with Crippen molar-refractivity contribution in [3.8, 4) is 0 Å². The third-order valence-corrected chi connectivity index (χ3v) is 4.87. The number of nitrogens with zero attached hydrogens (tertiary/aromatic N) is 1. The summed E-state index contributed by atoms with van der Waals surface area (Å²) in [6.07, 6.45) is 0.0381. The molecule has 114 valence electrons. The molecule has 20 heavy (non-hydrogen) atoms. The Morgan fingerprint density at radius 1 is 1.30 bits per heavy atom. The lowest BCUT2D eigenvalue weighted by Gasteiger charge is -2.22. The summed E-state index contributed by atoms with van der Waals surface area (Å²) >= 11 is 0. The maximum absolute atomic E-state index is 11.9. The zero-order chi connectivity index (χ0) is 15.2. The first-order valence-corrected chi connectivity index (χ1v) is 8.24. The van der Waals surface area contributed by atoms with Crippen molar-refractivity contribution in [1.29, 1.82) is 0 Å². The fourth-order valence-electron chi connectivity index (χ4n) is 1.96. The summed E-state index contributed by atoms with van der Waals surface area (Å²) in [4.78, 5) is 0. The van der Waals surface area contributed by atoms with Gasteiger partial charge in [-0.15, -0.1) is 0 Å². The number of aliphatic hydroxyl groups is 1. The van der Waals surface area contributed by atoms with Gasteiger partial charge >= 0.3 is 0 Å². The first-order valence-electron chi connectivity index (χ1n) is 6.80. The fourth-order valence-corrected chi connectivity index (χ4v) is 2.93. The number of hydrogen-bond donors (Lipinski definition) is 2. The maximum Gasteiger partial charge on any atom is 0.279 e. The Balaban J connectivity index is 2.77. The largest absolute Gasteiger partial charge is 0.393 e. The number of aliphatic hydroxyl groups excluding tert-OH is 1. The van der Waals surface area contributed by atoms with Crippen molar-refractivity contribution < 1.29 is 13.5 Å². The minimum absolute atomic E-state index is 0.0452. The molecule has 2 atom stereocenters. The molecule has 0 saturated heterocycles. The molecule has 6 heteroatoms. The molecule has 0 aliphatic carbocycles. The number of rotatable bonds is 8. The standard InChI is InChI=1S/C14H24N2O3S/c1-4-16(3)20(18,19)15-11-14(10-12(2)17)13-8-6-5-7-9-13/h5-9,12,14-15,17H,4,10-11H2,1-3H3. The van der Waals surface area contributed by atoms with Crippen LogP contribution in [0.25, 0.3) is 0 Å². The van der Waals surface area contributed by atoms with Crippen LogP contribution in [0.15, 0.2) is 30.3 Å². The Labute approximate surface area is 121 Å². The molecular formula is C14H24N2O3S. The van der Waals surface area contributed by atoms with Crippen LogP contribution in [0, 0.1) is 0 Å². The predicted octanol–water partition coefficient (Wildman–Crippen LogP) is 1.33. The Kier molecular flexibility index (Phi) is 6.61. The van der Waals surface area contributed by atoms with Gasteiger partial charge in [0.15, 0.2) is 0 Å². The Morgan fingerprint density at radius 3 is 2.40 bits per heavy atom. The van der Waals surface area contributed by atoms with E-state index in [1.165, 1.54) is 11.4 Å². The minimum atomic E-state index is -3.45. The lowest BCUT2D eigenvalue weighted by atomic mass is 9.94. The molecule has 0 spiro atoms. The highest BCUT2D eigenvalue weighted by atomic mass is 32.2. The zero-order valence-electron chi connectivity index (χ0n) is 12.3. The summed E-state index contributed by atoms with van der Waals surface area (Å²) in [5.74, 6) is -0.0452. The van der Waals surface area contributed by atoms with Crippen LogP contribution in [0.4, 0.5) is 0 Å². The summed E-state index contributed by atoms with van der Waals surface area (Å²) in [6, 6.07) is 9.64. The Bertz CT molecular complexity index is 488. The Morgan fingerprint density at radius 2 is 1.90 bits per heavy atom. The van der Waals surface area contributed by atoms with Crippen LogP contribution in [0.2, 0.25) is 0 Å². The van der Waals surface area contributed by atoms with Crippen LogP contribution in [0.5, 0.6) is 0 Å². The number of nitrogens with one attached hydrogen (secondary N) is 1. The van der Waals surface area contributed by atoms with Crippen molar-refractivity contribution in [1.82, 2.24) is 9.03 Å². The number of hydrogen-bond acceptors (Lipinski definition) is 3. The van der Waals surface area contributed by atoms with Crippen molar-refractivity contribution >= 4 is 10.2 Å². The molecule has 0 bridgehead atoms. The smallest absolute Gasteiger partial charge is 0.279 e. The molecule has 0 fully saturated rings. The average Bonchev–Trinajstić information content (AvgIpc) is 2.43. The van der Waals surface area contributed by atoms with Gasteiger partial charge in [0.25, 0.3) is 10.2 Å². The SMILES string of the molecule is CCN(C)S(=O)(=O)NCC(CC(C)O)c1ccccc1.